The number of aromatic nitrogens is 2. The SMILES string of the molecule is CCCCOc1nc(N)c([N+](=O)[O-])c(N2CCCN(C(=O)CN3Cc4ccccc4C3)CC2C(=O)OCC)n1. The number of nitrogens with zero attached hydrogens (tertiary/aromatic N) is 6. The number of hydrogen-bond donors (Lipinski definition) is 1. The molecular formula is C26H35N7O6. The summed E-state index contributed by atoms with van der Waals surface area (Å²) < 4.78 is 10.9. The summed E-state index contributed by atoms with van der Waals surface area (Å²) in [6, 6.07) is 6.95. The van der Waals surface area contributed by atoms with Crippen molar-refractivity contribution in [3.8, 4) is 6.01 Å². The number of hydrogen-bond acceptors (Lipinski definition) is 11. The third kappa shape index (κ3) is 6.53. The maximum absolute atomic E-state index is 13.4. The van der Waals surface area contributed by atoms with Crippen LogP contribution >= 0.6 is 0 Å². The van der Waals surface area contributed by atoms with Crippen LogP contribution in [0.15, 0.2) is 24.3 Å². The second kappa shape index (κ2) is 12.7. The Bertz CT molecular complexity index is 1180. The molecule has 0 bridgehead atoms. The average molecular weight is 542 g/mol. The minimum absolute atomic E-state index is 0.00839. The van der Waals surface area contributed by atoms with Crippen LogP contribution in [0.3, 0.4) is 0 Å². The molecule has 0 radical (unpaired) electrons. The van der Waals surface area contributed by atoms with Gasteiger partial charge in [0.2, 0.25) is 17.5 Å². The third-order valence-electron chi connectivity index (χ3n) is 6.83. The molecule has 2 aliphatic heterocycles. The number of nitrogen functional groups attached to an aromatic ring is 1. The Morgan fingerprint density at radius 1 is 1.15 bits per heavy atom. The lowest BCUT2D eigenvalue weighted by molar-refractivity contribution is -0.383. The minimum atomic E-state index is -1.02. The molecule has 1 amide bonds. The smallest absolute Gasteiger partial charge is 0.353 e. The third-order valence-corrected chi connectivity index (χ3v) is 6.83. The number of rotatable bonds is 10. The molecule has 1 unspecified atom stereocenters. The zero-order chi connectivity index (χ0) is 27.9. The monoisotopic (exact) mass is 541 g/mol. The number of unbranched alkanes of at least 4 members (excludes halogenated alkanes) is 1. The molecule has 1 aromatic carbocycles. The number of ether oxygens (including phenoxy) is 2. The van der Waals surface area contributed by atoms with E-state index in [0.717, 1.165) is 12.8 Å². The summed E-state index contributed by atoms with van der Waals surface area (Å²) in [6.07, 6.45) is 2.07. The minimum Gasteiger partial charge on any atom is -0.464 e. The zero-order valence-electron chi connectivity index (χ0n) is 22.4. The predicted octanol–water partition coefficient (Wildman–Crippen LogP) is 2.13. The highest BCUT2D eigenvalue weighted by atomic mass is 16.6. The van der Waals surface area contributed by atoms with Crippen molar-refractivity contribution in [2.45, 2.75) is 52.2 Å². The lowest BCUT2D eigenvalue weighted by Gasteiger charge is -2.31. The molecule has 3 heterocycles. The summed E-state index contributed by atoms with van der Waals surface area (Å²) in [5.74, 6) is -1.21. The lowest BCUT2D eigenvalue weighted by Crippen LogP contribution is -2.50. The second-order valence-corrected chi connectivity index (χ2v) is 9.59. The molecule has 39 heavy (non-hydrogen) atoms. The van der Waals surface area contributed by atoms with Gasteiger partial charge >= 0.3 is 17.7 Å². The number of fused-ring (bicyclic) bond motifs is 1. The molecule has 0 saturated carbocycles. The molecule has 2 aromatic rings. The fourth-order valence-corrected chi connectivity index (χ4v) is 4.90. The maximum atomic E-state index is 13.4. The van der Waals surface area contributed by atoms with Crippen LogP contribution in [0, 0.1) is 10.1 Å². The van der Waals surface area contributed by atoms with Crippen molar-refractivity contribution in [1.29, 1.82) is 0 Å². The van der Waals surface area contributed by atoms with Crippen molar-refractivity contribution in [3.63, 3.8) is 0 Å². The van der Waals surface area contributed by atoms with Gasteiger partial charge in [0.1, 0.15) is 6.04 Å². The Morgan fingerprint density at radius 3 is 2.51 bits per heavy atom. The Morgan fingerprint density at radius 2 is 1.87 bits per heavy atom. The quantitative estimate of drug-likeness (QED) is 0.203. The van der Waals surface area contributed by atoms with Crippen molar-refractivity contribution < 1.29 is 24.0 Å². The Kier molecular flexibility index (Phi) is 9.12. The molecule has 1 saturated heterocycles. The molecule has 2 N–H and O–H groups in total. The number of nitrogens with two attached hydrogens (primary N) is 1. The van der Waals surface area contributed by atoms with Crippen LogP contribution in [-0.2, 0) is 27.4 Å². The molecule has 1 aromatic heterocycles. The first kappa shape index (κ1) is 28.0. The summed E-state index contributed by atoms with van der Waals surface area (Å²) in [7, 11) is 0. The zero-order valence-corrected chi connectivity index (χ0v) is 22.4. The van der Waals surface area contributed by atoms with Crippen molar-refractivity contribution in [2.24, 2.45) is 0 Å². The molecule has 210 valence electrons. The van der Waals surface area contributed by atoms with E-state index in [1.165, 1.54) is 16.0 Å². The number of esters is 1. The van der Waals surface area contributed by atoms with Gasteiger partial charge in [-0.25, -0.2) is 4.79 Å². The van der Waals surface area contributed by atoms with Crippen molar-refractivity contribution >= 4 is 29.2 Å². The van der Waals surface area contributed by atoms with Crippen LogP contribution in [0.4, 0.5) is 17.3 Å². The molecule has 0 aliphatic carbocycles. The first-order chi connectivity index (χ1) is 18.8. The standard InChI is InChI=1S/C26H35N7O6/c1-3-5-13-39-26-28-23(27)22(33(36)37)24(29-26)32-12-8-11-31(16-20(32)25(35)38-4-2)21(34)17-30-14-18-9-6-7-10-19(18)15-30/h6-7,9-10,20H,3-5,8,11-17H2,1-2H3,(H2,27,28,29). The fraction of sp³-hybridized carbons (Fsp3) is 0.538. The summed E-state index contributed by atoms with van der Waals surface area (Å²) in [4.78, 5) is 51.4. The topological polar surface area (TPSA) is 157 Å². The van der Waals surface area contributed by atoms with Crippen LogP contribution in [-0.4, -0.2) is 82.0 Å². The van der Waals surface area contributed by atoms with E-state index in [4.69, 9.17) is 15.2 Å². The fourth-order valence-electron chi connectivity index (χ4n) is 4.90. The van der Waals surface area contributed by atoms with Gasteiger partial charge in [-0.05, 0) is 30.9 Å². The maximum Gasteiger partial charge on any atom is 0.353 e. The number of anilines is 2. The van der Waals surface area contributed by atoms with Gasteiger partial charge in [-0.1, -0.05) is 37.6 Å². The van der Waals surface area contributed by atoms with E-state index in [1.54, 1.807) is 11.8 Å². The van der Waals surface area contributed by atoms with Crippen LogP contribution < -0.4 is 15.4 Å². The Balaban J connectivity index is 1.59. The highest BCUT2D eigenvalue weighted by Gasteiger charge is 2.39. The van der Waals surface area contributed by atoms with Gasteiger partial charge in [-0.2, -0.15) is 9.97 Å². The number of amides is 1. The van der Waals surface area contributed by atoms with Crippen molar-refractivity contribution in [2.75, 3.05) is 50.0 Å². The van der Waals surface area contributed by atoms with E-state index in [-0.39, 0.29) is 49.8 Å². The lowest BCUT2D eigenvalue weighted by atomic mass is 10.1. The highest BCUT2D eigenvalue weighted by Crippen LogP contribution is 2.35. The van der Waals surface area contributed by atoms with Crippen LogP contribution in [0.25, 0.3) is 0 Å². The van der Waals surface area contributed by atoms with E-state index in [0.29, 0.717) is 32.7 Å². The van der Waals surface area contributed by atoms with E-state index >= 15 is 0 Å². The number of carbonyl (C=O) groups excluding carboxylic acids is 2. The first-order valence-corrected chi connectivity index (χ1v) is 13.3. The summed E-state index contributed by atoms with van der Waals surface area (Å²) in [6.45, 7) is 6.24. The van der Waals surface area contributed by atoms with Crippen molar-refractivity contribution in [1.82, 2.24) is 19.8 Å². The van der Waals surface area contributed by atoms with Crippen LogP contribution in [0.5, 0.6) is 6.01 Å². The molecule has 13 nitrogen and oxygen atoms in total. The number of nitro groups is 1. The van der Waals surface area contributed by atoms with Gasteiger partial charge in [0.05, 0.1) is 31.2 Å². The van der Waals surface area contributed by atoms with E-state index in [2.05, 4.69) is 27.0 Å². The normalized spacial score (nSPS) is 17.4. The summed E-state index contributed by atoms with van der Waals surface area (Å²) >= 11 is 0. The largest absolute Gasteiger partial charge is 0.464 e. The molecular weight excluding hydrogens is 506 g/mol. The van der Waals surface area contributed by atoms with Gasteiger partial charge in [0.15, 0.2) is 0 Å². The highest BCUT2D eigenvalue weighted by molar-refractivity contribution is 5.85. The van der Waals surface area contributed by atoms with Gasteiger partial charge < -0.3 is 25.0 Å². The van der Waals surface area contributed by atoms with Crippen LogP contribution in [0.2, 0.25) is 0 Å². The van der Waals surface area contributed by atoms with Crippen molar-refractivity contribution in [3.05, 3.63) is 45.5 Å². The molecule has 13 heteroatoms. The van der Waals surface area contributed by atoms with E-state index in [9.17, 15) is 19.7 Å². The van der Waals surface area contributed by atoms with Gasteiger partial charge in [-0.15, -0.1) is 0 Å². The van der Waals surface area contributed by atoms with E-state index in [1.807, 2.05) is 19.1 Å². The van der Waals surface area contributed by atoms with Gasteiger partial charge in [-0.3, -0.25) is 19.8 Å². The Hall–Kier alpha value is -4.00. The second-order valence-electron chi connectivity index (χ2n) is 9.59. The van der Waals surface area contributed by atoms with Gasteiger partial charge in [0.25, 0.3) is 0 Å². The molecule has 0 spiro atoms. The molecule has 4 rings (SSSR count). The molecule has 1 atom stereocenters. The first-order valence-electron chi connectivity index (χ1n) is 13.3. The number of benzene rings is 1. The molecule has 1 fully saturated rings. The summed E-state index contributed by atoms with van der Waals surface area (Å²) in [5, 5.41) is 12.0. The van der Waals surface area contributed by atoms with Gasteiger partial charge in [0, 0.05) is 26.2 Å². The van der Waals surface area contributed by atoms with E-state index < -0.39 is 22.6 Å². The number of carbonyl (C=O) groups is 2. The molecule has 2 aliphatic rings. The Labute approximate surface area is 227 Å². The summed E-state index contributed by atoms with van der Waals surface area (Å²) in [5.41, 5.74) is 7.85. The predicted molar refractivity (Wildman–Crippen MR) is 143 cm³/mol. The van der Waals surface area contributed by atoms with Crippen LogP contribution in [0.1, 0.15) is 44.2 Å². The average Bonchev–Trinajstić information content (AvgIpc) is 3.16.